The molecule has 2 fully saturated rings. The Bertz CT molecular complexity index is 338. The quantitative estimate of drug-likeness (QED) is 0.856. The fraction of sp³-hybridized carbons (Fsp3) is 0.750. The molecule has 4 heteroatoms. The molecule has 0 radical (unpaired) electrons. The van der Waals surface area contributed by atoms with Crippen LogP contribution in [0.15, 0.2) is 12.4 Å². The molecule has 0 amide bonds. The van der Waals surface area contributed by atoms with Crippen molar-refractivity contribution in [2.45, 2.75) is 37.0 Å². The first-order chi connectivity index (χ1) is 7.93. The van der Waals surface area contributed by atoms with Gasteiger partial charge >= 0.3 is 0 Å². The molecule has 1 unspecified atom stereocenters. The zero-order valence-electron chi connectivity index (χ0n) is 9.56. The summed E-state index contributed by atoms with van der Waals surface area (Å²) in [6.07, 6.45) is 9.55. The predicted molar refractivity (Wildman–Crippen MR) is 67.8 cm³/mol. The van der Waals surface area contributed by atoms with E-state index in [9.17, 15) is 0 Å². The summed E-state index contributed by atoms with van der Waals surface area (Å²) in [5, 5.41) is 8.57. The Hall–Kier alpha value is -0.480. The Morgan fingerprint density at radius 2 is 2.19 bits per heavy atom. The van der Waals surface area contributed by atoms with Crippen LogP contribution in [0.25, 0.3) is 0 Å². The number of hydrogen-bond donors (Lipinski definition) is 1. The monoisotopic (exact) mass is 237 g/mol. The van der Waals surface area contributed by atoms with E-state index in [1.807, 2.05) is 11.8 Å². The van der Waals surface area contributed by atoms with E-state index in [-0.39, 0.29) is 0 Å². The third-order valence-corrected chi connectivity index (χ3v) is 4.99. The van der Waals surface area contributed by atoms with Crippen LogP contribution >= 0.6 is 11.8 Å². The van der Waals surface area contributed by atoms with Crippen molar-refractivity contribution in [1.82, 2.24) is 15.1 Å². The Labute approximate surface area is 101 Å². The highest BCUT2D eigenvalue weighted by Gasteiger charge is 2.21. The maximum absolute atomic E-state index is 4.55. The van der Waals surface area contributed by atoms with E-state index in [0.717, 1.165) is 19.0 Å². The van der Waals surface area contributed by atoms with E-state index in [1.165, 1.54) is 37.0 Å². The van der Waals surface area contributed by atoms with Gasteiger partial charge in [-0.15, -0.1) is 11.8 Å². The van der Waals surface area contributed by atoms with Crippen molar-refractivity contribution in [3.8, 4) is 0 Å². The third-order valence-electron chi connectivity index (χ3n) is 3.63. The van der Waals surface area contributed by atoms with E-state index < -0.39 is 0 Å². The first-order valence-corrected chi connectivity index (χ1v) is 7.35. The topological polar surface area (TPSA) is 29.9 Å². The van der Waals surface area contributed by atoms with Crippen LogP contribution < -0.4 is 5.32 Å². The summed E-state index contributed by atoms with van der Waals surface area (Å²) in [4.78, 5) is 0. The van der Waals surface area contributed by atoms with Gasteiger partial charge < -0.3 is 5.32 Å². The van der Waals surface area contributed by atoms with Gasteiger partial charge in [0.1, 0.15) is 0 Å². The number of nitrogens with zero attached hydrogens (tertiary/aromatic N) is 2. The molecule has 0 spiro atoms. The van der Waals surface area contributed by atoms with Crippen LogP contribution in [0.1, 0.15) is 42.5 Å². The number of rotatable bonds is 2. The second kappa shape index (κ2) is 4.80. The molecule has 3 heterocycles. The van der Waals surface area contributed by atoms with Gasteiger partial charge in [-0.05, 0) is 56.0 Å². The molecule has 16 heavy (non-hydrogen) atoms. The normalized spacial score (nSPS) is 27.4. The molecule has 0 saturated carbocycles. The molecule has 1 atom stereocenters. The molecule has 0 aromatic carbocycles. The second-order valence-electron chi connectivity index (χ2n) is 4.75. The zero-order chi connectivity index (χ0) is 10.8. The van der Waals surface area contributed by atoms with Crippen LogP contribution in [0.3, 0.4) is 0 Å². The molecule has 88 valence electrons. The lowest BCUT2D eigenvalue weighted by Gasteiger charge is -2.21. The minimum absolute atomic E-state index is 0.607. The first kappa shape index (κ1) is 10.7. The molecule has 0 aliphatic carbocycles. The largest absolute Gasteiger partial charge is 0.317 e. The lowest BCUT2D eigenvalue weighted by atomic mass is 9.93. The summed E-state index contributed by atoms with van der Waals surface area (Å²) in [5.41, 5.74) is 1.45. The van der Waals surface area contributed by atoms with Crippen molar-refractivity contribution in [1.29, 1.82) is 0 Å². The molecule has 1 N–H and O–H groups in total. The summed E-state index contributed by atoms with van der Waals surface area (Å²) in [6.45, 7) is 2.32. The lowest BCUT2D eigenvalue weighted by molar-refractivity contribution is 0.459. The van der Waals surface area contributed by atoms with Gasteiger partial charge in [-0.25, -0.2) is 0 Å². The number of thioether (sulfide) groups is 1. The lowest BCUT2D eigenvalue weighted by Crippen LogP contribution is -2.26. The number of hydrogen-bond acceptors (Lipinski definition) is 3. The molecule has 0 bridgehead atoms. The van der Waals surface area contributed by atoms with E-state index in [0.29, 0.717) is 5.37 Å². The third kappa shape index (κ3) is 2.13. The Balaban J connectivity index is 1.71. The van der Waals surface area contributed by atoms with E-state index in [2.05, 4.69) is 27.5 Å². The van der Waals surface area contributed by atoms with Crippen LogP contribution in [0.4, 0.5) is 0 Å². The average Bonchev–Trinajstić information content (AvgIpc) is 3.01. The van der Waals surface area contributed by atoms with Crippen LogP contribution in [0.5, 0.6) is 0 Å². The van der Waals surface area contributed by atoms with Crippen molar-refractivity contribution in [2.24, 2.45) is 0 Å². The van der Waals surface area contributed by atoms with Crippen LogP contribution in [-0.4, -0.2) is 28.6 Å². The highest BCUT2D eigenvalue weighted by Crippen LogP contribution is 2.36. The Morgan fingerprint density at radius 3 is 2.94 bits per heavy atom. The molecule has 1 aromatic heterocycles. The highest BCUT2D eigenvalue weighted by atomic mass is 32.2. The summed E-state index contributed by atoms with van der Waals surface area (Å²) in [7, 11) is 0. The van der Waals surface area contributed by atoms with Crippen molar-refractivity contribution in [3.63, 3.8) is 0 Å². The Morgan fingerprint density at radius 1 is 1.31 bits per heavy atom. The molecular weight excluding hydrogens is 218 g/mol. The summed E-state index contributed by atoms with van der Waals surface area (Å²) >= 11 is 2.04. The van der Waals surface area contributed by atoms with E-state index in [1.54, 1.807) is 0 Å². The average molecular weight is 237 g/mol. The summed E-state index contributed by atoms with van der Waals surface area (Å²) in [5.74, 6) is 2.04. The summed E-state index contributed by atoms with van der Waals surface area (Å²) < 4.78 is 2.19. The van der Waals surface area contributed by atoms with Gasteiger partial charge in [0, 0.05) is 6.20 Å². The van der Waals surface area contributed by atoms with Gasteiger partial charge in [-0.3, -0.25) is 4.68 Å². The molecule has 2 aliphatic heterocycles. The second-order valence-corrected chi connectivity index (χ2v) is 6.03. The van der Waals surface area contributed by atoms with Crippen LogP contribution in [-0.2, 0) is 0 Å². The minimum atomic E-state index is 0.607. The molecule has 2 saturated heterocycles. The first-order valence-electron chi connectivity index (χ1n) is 6.30. The highest BCUT2D eigenvalue weighted by molar-refractivity contribution is 7.99. The minimum Gasteiger partial charge on any atom is -0.317 e. The van der Waals surface area contributed by atoms with Gasteiger partial charge in [-0.2, -0.15) is 5.10 Å². The van der Waals surface area contributed by atoms with Gasteiger partial charge in [0.05, 0.1) is 11.6 Å². The van der Waals surface area contributed by atoms with Gasteiger partial charge in [0.25, 0.3) is 0 Å². The Kier molecular flexibility index (Phi) is 3.20. The van der Waals surface area contributed by atoms with Crippen molar-refractivity contribution in [3.05, 3.63) is 18.0 Å². The molecule has 2 aliphatic rings. The van der Waals surface area contributed by atoms with Gasteiger partial charge in [-0.1, -0.05) is 0 Å². The number of nitrogens with one attached hydrogen (secondary N) is 1. The van der Waals surface area contributed by atoms with Crippen molar-refractivity contribution in [2.75, 3.05) is 18.8 Å². The van der Waals surface area contributed by atoms with E-state index in [4.69, 9.17) is 0 Å². The molecule has 3 rings (SSSR count). The maximum Gasteiger partial charge on any atom is 0.0970 e. The smallest absolute Gasteiger partial charge is 0.0970 e. The molecular formula is C12H19N3S. The predicted octanol–water partition coefficient (Wildman–Crippen LogP) is 2.38. The molecule has 1 aromatic rings. The maximum atomic E-state index is 4.55. The standard InChI is InChI=1S/C12H19N3S/c1-2-12(16-7-1)15-9-11(8-14-15)10-3-5-13-6-4-10/h8-10,12-13H,1-7H2. The van der Waals surface area contributed by atoms with Crippen molar-refractivity contribution < 1.29 is 0 Å². The van der Waals surface area contributed by atoms with Crippen LogP contribution in [0.2, 0.25) is 0 Å². The number of aromatic nitrogens is 2. The number of piperidine rings is 1. The summed E-state index contributed by atoms with van der Waals surface area (Å²) in [6, 6.07) is 0. The van der Waals surface area contributed by atoms with Crippen molar-refractivity contribution >= 4 is 11.8 Å². The fourth-order valence-electron chi connectivity index (χ4n) is 2.65. The zero-order valence-corrected chi connectivity index (χ0v) is 10.4. The van der Waals surface area contributed by atoms with E-state index >= 15 is 0 Å². The van der Waals surface area contributed by atoms with Crippen LogP contribution in [0, 0.1) is 0 Å². The molecule has 3 nitrogen and oxygen atoms in total. The SMILES string of the molecule is c1nn(C2CCCS2)cc1C1CCNCC1. The fourth-order valence-corrected chi connectivity index (χ4v) is 3.85. The van der Waals surface area contributed by atoms with Gasteiger partial charge in [0.15, 0.2) is 0 Å². The van der Waals surface area contributed by atoms with Gasteiger partial charge in [0.2, 0.25) is 0 Å².